The summed E-state index contributed by atoms with van der Waals surface area (Å²) >= 11 is 0. The van der Waals surface area contributed by atoms with Gasteiger partial charge in [0.05, 0.1) is 17.9 Å². The van der Waals surface area contributed by atoms with Gasteiger partial charge in [0.15, 0.2) is 0 Å². The Morgan fingerprint density at radius 2 is 1.88 bits per heavy atom. The number of rotatable bonds is 6. The van der Waals surface area contributed by atoms with Crippen LogP contribution in [0.25, 0.3) is 0 Å². The number of hydrogen-bond acceptors (Lipinski definition) is 5. The molecule has 1 atom stereocenters. The summed E-state index contributed by atoms with van der Waals surface area (Å²) in [6, 6.07) is 1.32. The maximum absolute atomic E-state index is 13.5. The molecule has 9 nitrogen and oxygen atoms in total. The number of likely N-dealkylation sites (tertiary alicyclic amines) is 1. The largest absolute Gasteiger partial charge is 1.00 e. The number of nitrogens with one attached hydrogen (secondary N) is 2. The van der Waals surface area contributed by atoms with E-state index in [4.69, 9.17) is 0 Å². The third-order valence-corrected chi connectivity index (χ3v) is 8.63. The minimum Gasteiger partial charge on any atom is -1.00 e. The second kappa shape index (κ2) is 10.2. The van der Waals surface area contributed by atoms with E-state index in [1.165, 1.54) is 32.8 Å². The number of aryl methyl sites for hydroxylation is 3. The predicted octanol–water partition coefficient (Wildman–Crippen LogP) is -0.519. The molecular weight excluding hydrogens is 463 g/mol. The number of fused-ring (bicyclic) bond motifs is 2. The van der Waals surface area contributed by atoms with E-state index in [2.05, 4.69) is 33.0 Å². The molecule has 0 spiro atoms. The Bertz CT molecular complexity index is 1160. The van der Waals surface area contributed by atoms with Gasteiger partial charge in [-0.05, 0) is 73.7 Å². The van der Waals surface area contributed by atoms with Gasteiger partial charge in [-0.15, -0.1) is 0 Å². The molecular formula is C23H33N6NaO3S. The van der Waals surface area contributed by atoms with Gasteiger partial charge in [0, 0.05) is 32.0 Å². The fraction of sp³-hybridized carbons (Fsp3) is 0.565. The minimum absolute atomic E-state index is 0. The van der Waals surface area contributed by atoms with Crippen LogP contribution in [0.2, 0.25) is 0 Å². The molecule has 2 aliphatic carbocycles. The molecule has 1 unspecified atom stereocenters. The van der Waals surface area contributed by atoms with Gasteiger partial charge in [0.25, 0.3) is 0 Å². The van der Waals surface area contributed by atoms with Crippen LogP contribution in [0.5, 0.6) is 0 Å². The second-order valence-electron chi connectivity index (χ2n) is 9.30. The van der Waals surface area contributed by atoms with Crippen LogP contribution in [0, 0.1) is 0 Å². The van der Waals surface area contributed by atoms with Gasteiger partial charge in [0.1, 0.15) is 0 Å². The molecule has 3 aliphatic rings. The first kappa shape index (κ1) is 25.5. The van der Waals surface area contributed by atoms with E-state index in [9.17, 15) is 13.2 Å². The number of benzene rings is 1. The molecule has 2 N–H and O–H groups in total. The molecule has 0 radical (unpaired) electrons. The predicted molar refractivity (Wildman–Crippen MR) is 129 cm³/mol. The molecule has 2 heterocycles. The molecule has 0 bridgehead atoms. The Balaban J connectivity index is 0.00000171. The van der Waals surface area contributed by atoms with Crippen molar-refractivity contribution in [1.29, 1.82) is 0 Å². The van der Waals surface area contributed by atoms with Gasteiger partial charge >= 0.3 is 45.8 Å². The number of anilines is 2. The van der Waals surface area contributed by atoms with Crippen LogP contribution in [0.1, 0.15) is 49.9 Å². The summed E-state index contributed by atoms with van der Waals surface area (Å²) < 4.78 is 32.2. The van der Waals surface area contributed by atoms with Crippen LogP contribution in [-0.4, -0.2) is 54.8 Å². The number of urea groups is 1. The maximum atomic E-state index is 13.5. The summed E-state index contributed by atoms with van der Waals surface area (Å²) in [6.07, 6.45) is 9.90. The smallest absolute Gasteiger partial charge is 1.00 e. The average Bonchev–Trinajstić information content (AvgIpc) is 3.54. The van der Waals surface area contributed by atoms with Gasteiger partial charge in [-0.3, -0.25) is 4.68 Å². The summed E-state index contributed by atoms with van der Waals surface area (Å²) in [7, 11) is -2.39. The number of nitrogens with zero attached hydrogens (tertiary/aromatic N) is 4. The van der Waals surface area contributed by atoms with Crippen molar-refractivity contribution in [2.24, 2.45) is 7.05 Å². The van der Waals surface area contributed by atoms with Crippen LogP contribution in [-0.2, 0) is 42.9 Å². The third kappa shape index (κ3) is 4.88. The standard InChI is InChI=1S/C23H32N6O3S.Na.H/c1-3-28-11-10-18(15-28)29(19-13-24-27(2)14-19)33(31,32)26-23(30)25-22-20-8-4-6-16(20)12-17-7-5-9-21(17)22;;/h12-14,18H,3-11,15H2,1-2H3,(H2,25,26,30);;/q;+1;-1. The van der Waals surface area contributed by atoms with E-state index in [1.54, 1.807) is 17.9 Å². The molecule has 34 heavy (non-hydrogen) atoms. The van der Waals surface area contributed by atoms with Gasteiger partial charge in [-0.25, -0.2) is 13.8 Å². The number of likely N-dealkylation sites (N-methyl/N-ethyl adjacent to an activating group) is 1. The average molecular weight is 497 g/mol. The molecule has 11 heteroatoms. The Morgan fingerprint density at radius 3 is 2.44 bits per heavy atom. The van der Waals surface area contributed by atoms with Crippen molar-refractivity contribution in [3.8, 4) is 0 Å². The zero-order valence-corrected chi connectivity index (χ0v) is 23.1. The summed E-state index contributed by atoms with van der Waals surface area (Å²) in [6.45, 7) is 4.36. The van der Waals surface area contributed by atoms with Crippen molar-refractivity contribution >= 4 is 27.6 Å². The Morgan fingerprint density at radius 1 is 1.21 bits per heavy atom. The van der Waals surface area contributed by atoms with E-state index >= 15 is 0 Å². The van der Waals surface area contributed by atoms with Crippen LogP contribution in [0.15, 0.2) is 18.5 Å². The minimum atomic E-state index is -4.13. The maximum Gasteiger partial charge on any atom is 1.00 e. The number of carbonyl (C=O) groups excluding carboxylic acids is 1. The second-order valence-corrected chi connectivity index (χ2v) is 10.8. The molecule has 1 saturated heterocycles. The van der Waals surface area contributed by atoms with Crippen molar-refractivity contribution in [3.05, 3.63) is 40.7 Å². The van der Waals surface area contributed by atoms with E-state index in [0.29, 0.717) is 18.7 Å². The molecule has 2 aromatic rings. The van der Waals surface area contributed by atoms with Crippen molar-refractivity contribution in [1.82, 2.24) is 19.4 Å². The fourth-order valence-electron chi connectivity index (χ4n) is 5.63. The summed E-state index contributed by atoms with van der Waals surface area (Å²) in [5.74, 6) is 0. The van der Waals surface area contributed by atoms with E-state index < -0.39 is 16.2 Å². The molecule has 1 aromatic carbocycles. The Labute approximate surface area is 225 Å². The van der Waals surface area contributed by atoms with Crippen molar-refractivity contribution in [2.75, 3.05) is 29.3 Å². The van der Waals surface area contributed by atoms with Crippen molar-refractivity contribution in [2.45, 2.75) is 57.9 Å². The van der Waals surface area contributed by atoms with Crippen LogP contribution in [0.4, 0.5) is 16.2 Å². The number of amides is 2. The summed E-state index contributed by atoms with van der Waals surface area (Å²) in [5, 5.41) is 7.09. The quantitative estimate of drug-likeness (QED) is 0.525. The van der Waals surface area contributed by atoms with Gasteiger partial charge in [0.2, 0.25) is 0 Å². The molecule has 1 aromatic heterocycles. The van der Waals surface area contributed by atoms with Crippen molar-refractivity contribution < 1.29 is 44.2 Å². The normalized spacial score (nSPS) is 19.4. The molecule has 0 saturated carbocycles. The topological polar surface area (TPSA) is 99.6 Å². The zero-order chi connectivity index (χ0) is 23.2. The van der Waals surface area contributed by atoms with Gasteiger partial charge in [-0.1, -0.05) is 13.0 Å². The van der Waals surface area contributed by atoms with Crippen LogP contribution in [0.3, 0.4) is 0 Å². The van der Waals surface area contributed by atoms with E-state index in [0.717, 1.165) is 57.3 Å². The molecule has 1 aliphatic heterocycles. The number of aromatic nitrogens is 2. The molecule has 180 valence electrons. The fourth-order valence-corrected chi connectivity index (χ4v) is 6.95. The monoisotopic (exact) mass is 496 g/mol. The first-order chi connectivity index (χ1) is 15.9. The SMILES string of the molecule is CCN1CCC(N(c2cnn(C)c2)S(=O)(=O)NC(=O)Nc2c3c(cc4c2CCC4)CCC3)C1.[H-].[Na+]. The molecule has 5 rings (SSSR count). The third-order valence-electron chi connectivity index (χ3n) is 7.16. The summed E-state index contributed by atoms with van der Waals surface area (Å²) in [4.78, 5) is 15.3. The summed E-state index contributed by atoms with van der Waals surface area (Å²) in [5.41, 5.74) is 6.20. The first-order valence-electron chi connectivity index (χ1n) is 11.9. The van der Waals surface area contributed by atoms with Gasteiger partial charge < -0.3 is 11.6 Å². The van der Waals surface area contributed by atoms with Gasteiger partial charge in [-0.2, -0.15) is 13.5 Å². The van der Waals surface area contributed by atoms with E-state index in [1.807, 2.05) is 0 Å². The Hall–Kier alpha value is -1.59. The zero-order valence-electron chi connectivity index (χ0n) is 21.3. The first-order valence-corrected chi connectivity index (χ1v) is 13.3. The van der Waals surface area contributed by atoms with E-state index in [-0.39, 0.29) is 37.0 Å². The van der Waals surface area contributed by atoms with Crippen LogP contribution < -0.4 is 43.9 Å². The Kier molecular flexibility index (Phi) is 7.64. The molecule has 1 fully saturated rings. The van der Waals surface area contributed by atoms with Crippen molar-refractivity contribution in [3.63, 3.8) is 0 Å². The van der Waals surface area contributed by atoms with Crippen LogP contribution >= 0.6 is 0 Å². The number of carbonyl (C=O) groups is 1. The molecule has 2 amide bonds. The number of hydrogen-bond donors (Lipinski definition) is 2.